The van der Waals surface area contributed by atoms with E-state index in [4.69, 9.17) is 34.4 Å². The third kappa shape index (κ3) is 21.6. The molecule has 0 heterocycles. The number of nitrogens with two attached hydrogens (primary N) is 6. The Morgan fingerprint density at radius 3 is 1.30 bits per heavy atom. The minimum absolute atomic E-state index is 0.00767. The Kier molecular flexibility index (Phi) is 22.6. The summed E-state index contributed by atoms with van der Waals surface area (Å²) in [5, 5.41) is 31.2. The van der Waals surface area contributed by atoms with E-state index in [0.29, 0.717) is 0 Å². The van der Waals surface area contributed by atoms with Crippen molar-refractivity contribution in [1.29, 1.82) is 0 Å². The molecule has 6 atom stereocenters. The van der Waals surface area contributed by atoms with Gasteiger partial charge in [0.2, 0.25) is 35.4 Å². The zero-order chi connectivity index (χ0) is 41.5. The fourth-order valence-electron chi connectivity index (χ4n) is 4.72. The summed E-state index contributed by atoms with van der Waals surface area (Å²) in [4.78, 5) is 109. The number of carboxylic acid groups (broad SMARTS) is 2. The van der Waals surface area contributed by atoms with E-state index in [2.05, 4.69) is 36.6 Å². The lowest BCUT2D eigenvalue weighted by Crippen LogP contribution is -2.59. The van der Waals surface area contributed by atoms with Crippen molar-refractivity contribution in [3.8, 4) is 0 Å². The molecule has 23 heteroatoms. The van der Waals surface area contributed by atoms with Gasteiger partial charge in [-0.25, -0.2) is 4.79 Å². The van der Waals surface area contributed by atoms with Gasteiger partial charge in [0.15, 0.2) is 11.9 Å². The summed E-state index contributed by atoms with van der Waals surface area (Å²) >= 11 is 0. The van der Waals surface area contributed by atoms with E-state index < -0.39 is 96.5 Å². The molecule has 6 amide bonds. The smallest absolute Gasteiger partial charge is 0.326 e. The van der Waals surface area contributed by atoms with E-state index in [1.165, 1.54) is 6.92 Å². The molecule has 0 aromatic rings. The number of carbonyl (C=O) groups excluding carboxylic acids is 6. The van der Waals surface area contributed by atoms with Gasteiger partial charge in [0, 0.05) is 25.9 Å². The molecule has 0 aliphatic rings. The normalized spacial score (nSPS) is 14.1. The SMILES string of the molecule is CC(C)C[C@H](NC(=O)[C@H](CCC(=O)O)NC(=O)[C@H](CCC(N)=O)NC(=O)[C@H](C)N)C(=O)N[C@@H](CCCN=C(N)N)C(=O)N[C@@H](CCCN=C(N)N)C(=O)O. The summed E-state index contributed by atoms with van der Waals surface area (Å²) < 4.78 is 0. The Hall–Kier alpha value is -5.74. The lowest BCUT2D eigenvalue weighted by atomic mass is 10.0. The van der Waals surface area contributed by atoms with E-state index in [-0.39, 0.29) is 75.9 Å². The zero-order valence-corrected chi connectivity index (χ0v) is 30.8. The molecule has 0 saturated carbocycles. The fraction of sp³-hybridized carbons (Fsp3) is 0.677. The van der Waals surface area contributed by atoms with Crippen LogP contribution in [0, 0.1) is 5.92 Å². The van der Waals surface area contributed by atoms with Gasteiger partial charge in [-0.1, -0.05) is 13.8 Å². The molecule has 0 rings (SSSR count). The van der Waals surface area contributed by atoms with Crippen LogP contribution in [0.1, 0.15) is 78.6 Å². The summed E-state index contributed by atoms with van der Waals surface area (Å²) in [6.07, 6.45) is -1.37. The minimum Gasteiger partial charge on any atom is -0.481 e. The number of aliphatic imine (C=N–C) groups is 2. The number of nitrogens with one attached hydrogen (secondary N) is 5. The highest BCUT2D eigenvalue weighted by Crippen LogP contribution is 2.10. The first kappa shape index (κ1) is 48.3. The van der Waals surface area contributed by atoms with Gasteiger partial charge < -0.3 is 71.2 Å². The summed E-state index contributed by atoms with van der Waals surface area (Å²) in [5.74, 6) is -8.48. The molecule has 54 heavy (non-hydrogen) atoms. The second-order valence-corrected chi connectivity index (χ2v) is 12.9. The first-order chi connectivity index (χ1) is 25.1. The third-order valence-electron chi connectivity index (χ3n) is 7.48. The van der Waals surface area contributed by atoms with Crippen LogP contribution in [0.15, 0.2) is 9.98 Å². The standard InChI is InChI=1S/C31H57N13O10/c1-15(2)14-21(44-27(51)19(9-11-23(46)47)42-26(50)18(8-10-22(33)45)40-24(48)16(3)32)28(52)41-17(6-4-12-38-30(34)35)25(49)43-20(29(53)54)7-5-13-39-31(36)37/h15-21H,4-14,32H2,1-3H3,(H2,33,45)(H,40,48)(H,41,52)(H,42,50)(H,43,49)(H,44,51)(H,46,47)(H,53,54)(H4,34,35,38)(H4,36,37,39)/t16-,17-,18-,19-,20-,21-/m0/s1. The Balaban J connectivity index is 6.32. The molecule has 19 N–H and O–H groups in total. The van der Waals surface area contributed by atoms with E-state index in [1.807, 2.05) is 0 Å². The molecule has 23 nitrogen and oxygen atoms in total. The van der Waals surface area contributed by atoms with E-state index in [9.17, 15) is 48.6 Å². The van der Waals surface area contributed by atoms with Gasteiger partial charge in [0.1, 0.15) is 30.2 Å². The minimum atomic E-state index is -1.55. The summed E-state index contributed by atoms with van der Waals surface area (Å²) in [7, 11) is 0. The van der Waals surface area contributed by atoms with Crippen molar-refractivity contribution in [3.05, 3.63) is 0 Å². The molecule has 0 aliphatic heterocycles. The third-order valence-corrected chi connectivity index (χ3v) is 7.48. The summed E-state index contributed by atoms with van der Waals surface area (Å²) in [5.41, 5.74) is 32.1. The predicted molar refractivity (Wildman–Crippen MR) is 196 cm³/mol. The van der Waals surface area contributed by atoms with Crippen LogP contribution in [-0.4, -0.2) is 119 Å². The molecular weight excluding hydrogens is 714 g/mol. The van der Waals surface area contributed by atoms with Crippen LogP contribution >= 0.6 is 0 Å². The molecule has 306 valence electrons. The number of aliphatic carboxylic acids is 2. The zero-order valence-electron chi connectivity index (χ0n) is 30.8. The first-order valence-electron chi connectivity index (χ1n) is 17.3. The van der Waals surface area contributed by atoms with Crippen molar-refractivity contribution in [2.45, 2.75) is 115 Å². The average Bonchev–Trinajstić information content (AvgIpc) is 3.05. The van der Waals surface area contributed by atoms with Crippen molar-refractivity contribution >= 4 is 59.3 Å². The lowest BCUT2D eigenvalue weighted by Gasteiger charge is -2.27. The second kappa shape index (κ2) is 25.3. The number of nitrogens with zero attached hydrogens (tertiary/aromatic N) is 2. The van der Waals surface area contributed by atoms with Gasteiger partial charge in [-0.3, -0.25) is 43.5 Å². The highest BCUT2D eigenvalue weighted by Gasteiger charge is 2.33. The Morgan fingerprint density at radius 1 is 0.537 bits per heavy atom. The number of amides is 6. The van der Waals surface area contributed by atoms with Crippen LogP contribution in [0.2, 0.25) is 0 Å². The highest BCUT2D eigenvalue weighted by molar-refractivity contribution is 5.96. The van der Waals surface area contributed by atoms with Crippen LogP contribution in [0.3, 0.4) is 0 Å². The number of primary amides is 1. The van der Waals surface area contributed by atoms with Crippen LogP contribution in [0.25, 0.3) is 0 Å². The predicted octanol–water partition coefficient (Wildman–Crippen LogP) is -4.87. The molecule has 0 fully saturated rings. The molecule has 0 radical (unpaired) electrons. The van der Waals surface area contributed by atoms with Gasteiger partial charge >= 0.3 is 11.9 Å². The highest BCUT2D eigenvalue weighted by atomic mass is 16.4. The van der Waals surface area contributed by atoms with E-state index in [1.54, 1.807) is 13.8 Å². The van der Waals surface area contributed by atoms with E-state index in [0.717, 1.165) is 0 Å². The largest absolute Gasteiger partial charge is 0.481 e. The van der Waals surface area contributed by atoms with Gasteiger partial charge in [-0.2, -0.15) is 0 Å². The number of carbonyl (C=O) groups is 8. The molecule has 0 unspecified atom stereocenters. The number of guanidine groups is 2. The summed E-state index contributed by atoms with van der Waals surface area (Å²) in [6, 6.07) is -8.02. The van der Waals surface area contributed by atoms with Crippen molar-refractivity contribution in [3.63, 3.8) is 0 Å². The van der Waals surface area contributed by atoms with Crippen LogP contribution in [0.4, 0.5) is 0 Å². The van der Waals surface area contributed by atoms with Gasteiger partial charge in [0.05, 0.1) is 6.04 Å². The average molecular weight is 772 g/mol. The molecule has 0 spiro atoms. The molecule has 0 aliphatic carbocycles. The van der Waals surface area contributed by atoms with Gasteiger partial charge in [0.25, 0.3) is 0 Å². The quantitative estimate of drug-likeness (QED) is 0.0212. The molecule has 0 aromatic carbocycles. The van der Waals surface area contributed by atoms with Crippen molar-refractivity contribution in [1.82, 2.24) is 26.6 Å². The van der Waals surface area contributed by atoms with Gasteiger partial charge in [-0.05, 0) is 57.8 Å². The van der Waals surface area contributed by atoms with E-state index >= 15 is 0 Å². The van der Waals surface area contributed by atoms with Crippen molar-refractivity contribution in [2.75, 3.05) is 13.1 Å². The maximum Gasteiger partial charge on any atom is 0.326 e. The topological polar surface area (TPSA) is 418 Å². The lowest BCUT2D eigenvalue weighted by molar-refractivity contribution is -0.142. The van der Waals surface area contributed by atoms with Crippen molar-refractivity contribution < 1.29 is 48.6 Å². The second-order valence-electron chi connectivity index (χ2n) is 12.9. The molecule has 0 saturated heterocycles. The maximum atomic E-state index is 13.7. The van der Waals surface area contributed by atoms with Crippen LogP contribution in [-0.2, 0) is 38.4 Å². The maximum absolute atomic E-state index is 13.7. The molecular formula is C31H57N13O10. The first-order valence-corrected chi connectivity index (χ1v) is 17.3. The Morgan fingerprint density at radius 2 is 0.907 bits per heavy atom. The van der Waals surface area contributed by atoms with Crippen molar-refractivity contribution in [2.24, 2.45) is 50.3 Å². The summed E-state index contributed by atoms with van der Waals surface area (Å²) in [6.45, 7) is 4.98. The number of rotatable bonds is 27. The van der Waals surface area contributed by atoms with Gasteiger partial charge in [-0.15, -0.1) is 0 Å². The Labute approximate surface area is 312 Å². The fourth-order valence-corrected chi connectivity index (χ4v) is 4.72. The Bertz CT molecular complexity index is 1360. The number of hydrogen-bond donors (Lipinski definition) is 13. The van der Waals surface area contributed by atoms with Crippen LogP contribution < -0.4 is 61.0 Å². The molecule has 0 aromatic heterocycles. The number of hydrogen-bond acceptors (Lipinski definition) is 11. The molecule has 0 bridgehead atoms. The number of carboxylic acids is 2. The monoisotopic (exact) mass is 771 g/mol. The van der Waals surface area contributed by atoms with Crippen LogP contribution in [0.5, 0.6) is 0 Å².